The molecular formula is C19H35NO3. The van der Waals surface area contributed by atoms with Crippen LogP contribution in [0, 0.1) is 0 Å². The third kappa shape index (κ3) is 16.9. The van der Waals surface area contributed by atoms with Gasteiger partial charge in [-0.1, -0.05) is 51.0 Å². The molecule has 0 radical (unpaired) electrons. The molecular weight excluding hydrogens is 290 g/mol. The minimum atomic E-state index is -0.0993. The molecule has 0 aromatic carbocycles. The number of hydrogen-bond acceptors (Lipinski definition) is 3. The number of unbranched alkanes of at least 4 members (excludes halogenated alkanes) is 9. The van der Waals surface area contributed by atoms with Crippen LogP contribution in [0.15, 0.2) is 12.7 Å². The Morgan fingerprint density at radius 2 is 1.43 bits per heavy atom. The second-order valence-electron chi connectivity index (χ2n) is 6.04. The predicted octanol–water partition coefficient (Wildman–Crippen LogP) is 4.53. The highest BCUT2D eigenvalue weighted by Crippen LogP contribution is 2.10. The van der Waals surface area contributed by atoms with Crippen LogP contribution in [0.25, 0.3) is 0 Å². The van der Waals surface area contributed by atoms with Gasteiger partial charge in [0, 0.05) is 19.4 Å². The van der Waals surface area contributed by atoms with E-state index in [2.05, 4.69) is 16.6 Å². The first kappa shape index (κ1) is 21.7. The van der Waals surface area contributed by atoms with Crippen molar-refractivity contribution in [1.29, 1.82) is 0 Å². The summed E-state index contributed by atoms with van der Waals surface area (Å²) in [6.45, 7) is 4.46. The molecule has 0 saturated heterocycles. The van der Waals surface area contributed by atoms with Crippen LogP contribution in [-0.2, 0) is 14.3 Å². The van der Waals surface area contributed by atoms with Gasteiger partial charge in [-0.2, -0.15) is 0 Å². The van der Waals surface area contributed by atoms with Crippen molar-refractivity contribution in [2.24, 2.45) is 0 Å². The average Bonchev–Trinajstić information content (AvgIpc) is 2.55. The molecule has 0 unspecified atom stereocenters. The number of carbonyl (C=O) groups excluding carboxylic acids is 2. The number of rotatable bonds is 16. The molecule has 1 amide bonds. The van der Waals surface area contributed by atoms with Gasteiger partial charge in [0.25, 0.3) is 0 Å². The molecule has 0 aromatic rings. The van der Waals surface area contributed by atoms with E-state index in [1.54, 1.807) is 0 Å². The molecule has 0 aliphatic carbocycles. The molecule has 0 aromatic heterocycles. The highest BCUT2D eigenvalue weighted by Gasteiger charge is 2.00. The van der Waals surface area contributed by atoms with Crippen LogP contribution in [-0.4, -0.2) is 25.5 Å². The normalized spacial score (nSPS) is 10.3. The molecule has 1 N–H and O–H groups in total. The lowest BCUT2D eigenvalue weighted by molar-refractivity contribution is -0.140. The van der Waals surface area contributed by atoms with E-state index >= 15 is 0 Å². The molecule has 4 heteroatoms. The summed E-state index contributed by atoms with van der Waals surface area (Å²) in [6, 6.07) is 0. The summed E-state index contributed by atoms with van der Waals surface area (Å²) in [4.78, 5) is 22.4. The Labute approximate surface area is 142 Å². The molecule has 4 nitrogen and oxygen atoms in total. The van der Waals surface area contributed by atoms with E-state index in [0.717, 1.165) is 38.6 Å². The third-order valence-corrected chi connectivity index (χ3v) is 3.92. The summed E-state index contributed by atoms with van der Waals surface area (Å²) in [6.07, 6.45) is 15.4. The minimum absolute atomic E-state index is 0.0993. The van der Waals surface area contributed by atoms with E-state index in [4.69, 9.17) is 0 Å². The lowest BCUT2D eigenvalue weighted by Crippen LogP contribution is -2.23. The smallest absolute Gasteiger partial charge is 0.305 e. The number of carbonyl (C=O) groups is 2. The summed E-state index contributed by atoms with van der Waals surface area (Å²) < 4.78 is 4.61. The van der Waals surface area contributed by atoms with E-state index < -0.39 is 0 Å². The van der Waals surface area contributed by atoms with E-state index in [-0.39, 0.29) is 11.9 Å². The highest BCUT2D eigenvalue weighted by atomic mass is 16.5. The standard InChI is InChI=1S/C19H35NO3/c1-3-4-12-15-18(21)20-17-14-11-9-7-5-6-8-10-13-16-19(22)23-2/h3H,1,4-17H2,2H3,(H,20,21). The van der Waals surface area contributed by atoms with Crippen LogP contribution < -0.4 is 5.32 Å². The number of hydrogen-bond donors (Lipinski definition) is 1. The zero-order valence-corrected chi connectivity index (χ0v) is 14.9. The van der Waals surface area contributed by atoms with E-state index in [9.17, 15) is 9.59 Å². The lowest BCUT2D eigenvalue weighted by atomic mass is 10.1. The predicted molar refractivity (Wildman–Crippen MR) is 95.2 cm³/mol. The van der Waals surface area contributed by atoms with Crippen LogP contribution in [0.3, 0.4) is 0 Å². The lowest BCUT2D eigenvalue weighted by Gasteiger charge is -2.05. The first-order valence-electron chi connectivity index (χ1n) is 9.15. The Kier molecular flexibility index (Phi) is 16.1. The minimum Gasteiger partial charge on any atom is -0.469 e. The molecule has 23 heavy (non-hydrogen) atoms. The van der Waals surface area contributed by atoms with Gasteiger partial charge < -0.3 is 10.1 Å². The molecule has 0 rings (SSSR count). The number of allylic oxidation sites excluding steroid dienone is 1. The van der Waals surface area contributed by atoms with Crippen molar-refractivity contribution in [2.45, 2.75) is 83.5 Å². The maximum Gasteiger partial charge on any atom is 0.305 e. The molecule has 0 aliphatic rings. The zero-order chi connectivity index (χ0) is 17.2. The van der Waals surface area contributed by atoms with Gasteiger partial charge in [-0.3, -0.25) is 9.59 Å². The maximum absolute atomic E-state index is 11.5. The molecule has 0 bridgehead atoms. The zero-order valence-electron chi connectivity index (χ0n) is 14.9. The van der Waals surface area contributed by atoms with Crippen molar-refractivity contribution in [3.63, 3.8) is 0 Å². The summed E-state index contributed by atoms with van der Waals surface area (Å²) >= 11 is 0. The third-order valence-electron chi connectivity index (χ3n) is 3.92. The maximum atomic E-state index is 11.5. The van der Waals surface area contributed by atoms with Crippen molar-refractivity contribution >= 4 is 11.9 Å². The van der Waals surface area contributed by atoms with Crippen LogP contribution in [0.1, 0.15) is 83.5 Å². The van der Waals surface area contributed by atoms with Gasteiger partial charge in [-0.15, -0.1) is 6.58 Å². The van der Waals surface area contributed by atoms with Gasteiger partial charge >= 0.3 is 5.97 Å². The second-order valence-corrected chi connectivity index (χ2v) is 6.04. The van der Waals surface area contributed by atoms with Crippen LogP contribution in [0.4, 0.5) is 0 Å². The van der Waals surface area contributed by atoms with E-state index in [1.807, 2.05) is 6.08 Å². The Balaban J connectivity index is 3.14. The summed E-state index contributed by atoms with van der Waals surface area (Å²) in [7, 11) is 1.44. The molecule has 0 fully saturated rings. The van der Waals surface area contributed by atoms with Gasteiger partial charge in [0.15, 0.2) is 0 Å². The Morgan fingerprint density at radius 3 is 2.00 bits per heavy atom. The SMILES string of the molecule is C=CCCCC(=O)NCCCCCCCCCCCC(=O)OC. The van der Waals surface area contributed by atoms with E-state index in [0.29, 0.717) is 12.8 Å². The second kappa shape index (κ2) is 17.0. The largest absolute Gasteiger partial charge is 0.469 e. The number of amides is 1. The Hall–Kier alpha value is -1.32. The average molecular weight is 325 g/mol. The summed E-state index contributed by atoms with van der Waals surface area (Å²) in [5, 5.41) is 2.97. The molecule has 0 saturated carbocycles. The van der Waals surface area contributed by atoms with Crippen LogP contribution >= 0.6 is 0 Å². The summed E-state index contributed by atoms with van der Waals surface area (Å²) in [5.41, 5.74) is 0. The number of ether oxygens (including phenoxy) is 1. The molecule has 0 heterocycles. The van der Waals surface area contributed by atoms with Gasteiger partial charge in [-0.05, 0) is 25.7 Å². The molecule has 0 spiro atoms. The van der Waals surface area contributed by atoms with E-state index in [1.165, 1.54) is 45.6 Å². The summed E-state index contributed by atoms with van der Waals surface area (Å²) in [5.74, 6) is 0.0663. The molecule has 0 aliphatic heterocycles. The Morgan fingerprint density at radius 1 is 0.870 bits per heavy atom. The number of methoxy groups -OCH3 is 1. The van der Waals surface area contributed by atoms with Crippen LogP contribution in [0.2, 0.25) is 0 Å². The van der Waals surface area contributed by atoms with Crippen LogP contribution in [0.5, 0.6) is 0 Å². The molecule has 134 valence electrons. The van der Waals surface area contributed by atoms with Crippen molar-refractivity contribution in [2.75, 3.05) is 13.7 Å². The quantitative estimate of drug-likeness (QED) is 0.258. The topological polar surface area (TPSA) is 55.4 Å². The van der Waals surface area contributed by atoms with Crippen molar-refractivity contribution in [3.8, 4) is 0 Å². The van der Waals surface area contributed by atoms with Gasteiger partial charge in [0.2, 0.25) is 5.91 Å². The fourth-order valence-electron chi connectivity index (χ4n) is 2.46. The first-order chi connectivity index (χ1) is 11.2. The first-order valence-corrected chi connectivity index (χ1v) is 9.15. The Bertz CT molecular complexity index is 316. The van der Waals surface area contributed by atoms with Gasteiger partial charge in [0.05, 0.1) is 7.11 Å². The monoisotopic (exact) mass is 325 g/mol. The highest BCUT2D eigenvalue weighted by molar-refractivity contribution is 5.75. The van der Waals surface area contributed by atoms with Gasteiger partial charge in [-0.25, -0.2) is 0 Å². The number of nitrogens with one attached hydrogen (secondary N) is 1. The van der Waals surface area contributed by atoms with Crippen molar-refractivity contribution in [3.05, 3.63) is 12.7 Å². The van der Waals surface area contributed by atoms with Crippen molar-refractivity contribution in [1.82, 2.24) is 5.32 Å². The van der Waals surface area contributed by atoms with Gasteiger partial charge in [0.1, 0.15) is 0 Å². The molecule has 0 atom stereocenters. The number of esters is 1. The fraction of sp³-hybridized carbons (Fsp3) is 0.789. The fourth-order valence-corrected chi connectivity index (χ4v) is 2.46. The van der Waals surface area contributed by atoms with Crippen molar-refractivity contribution < 1.29 is 14.3 Å².